The molecule has 1 aliphatic carbocycles. The molecular weight excluding hydrogens is 513 g/mol. The van der Waals surface area contributed by atoms with Crippen LogP contribution in [0.25, 0.3) is 11.1 Å². The molecule has 2 bridgehead atoms. The molecule has 4 atom stereocenters. The van der Waals surface area contributed by atoms with Gasteiger partial charge in [-0.05, 0) is 88.9 Å². The van der Waals surface area contributed by atoms with Crippen molar-refractivity contribution in [1.29, 1.82) is 5.26 Å². The Kier molecular flexibility index (Phi) is 8.64. The van der Waals surface area contributed by atoms with Gasteiger partial charge in [-0.2, -0.15) is 5.26 Å². The predicted octanol–water partition coefficient (Wildman–Crippen LogP) is 3.55. The first-order chi connectivity index (χ1) is 18.9. The van der Waals surface area contributed by atoms with Gasteiger partial charge >= 0.3 is 6.09 Å². The number of nitrogens with zero attached hydrogens (tertiary/aromatic N) is 4. The van der Waals surface area contributed by atoms with E-state index in [1.165, 1.54) is 17.0 Å². The smallest absolute Gasteiger partial charge is 0.411 e. The average Bonchev–Trinajstić information content (AvgIpc) is 3.50. The molecule has 2 aromatic rings. The van der Waals surface area contributed by atoms with E-state index in [2.05, 4.69) is 11.4 Å². The molecule has 40 heavy (non-hydrogen) atoms. The summed E-state index contributed by atoms with van der Waals surface area (Å²) in [5.74, 6) is -0.913. The number of pyridine rings is 1. The number of halogens is 1. The predicted molar refractivity (Wildman–Crippen MR) is 149 cm³/mol. The summed E-state index contributed by atoms with van der Waals surface area (Å²) in [7, 11) is 3.85. The minimum Gasteiger partial charge on any atom is -0.444 e. The maximum absolute atomic E-state index is 15.2. The number of nitriles is 1. The standard InChI is InChI=1S/C30H38FN5O4/c1-30(2,3)40-29(39)36-24-10-8-21(15-24)27(36)28(38)33-23(17-32)14-20-7-6-19(16-25(20)31)22-9-11-26(37)35(18-22)13-12-34(4)5/h6-7,9,11,16,18,21,23-24,27H,8,10,12-15H2,1-5H3,(H,33,38). The van der Waals surface area contributed by atoms with E-state index in [4.69, 9.17) is 4.74 Å². The second-order valence-corrected chi connectivity index (χ2v) is 12.0. The minimum atomic E-state index is -0.972. The largest absolute Gasteiger partial charge is 0.444 e. The molecule has 214 valence electrons. The second kappa shape index (κ2) is 11.8. The summed E-state index contributed by atoms with van der Waals surface area (Å²) >= 11 is 0. The topological polar surface area (TPSA) is 108 Å². The number of benzene rings is 1. The Labute approximate surface area is 234 Å². The third-order valence-corrected chi connectivity index (χ3v) is 7.51. The van der Waals surface area contributed by atoms with Crippen LogP contribution in [0.1, 0.15) is 45.6 Å². The molecule has 2 amide bonds. The van der Waals surface area contributed by atoms with Crippen molar-refractivity contribution in [3.8, 4) is 17.2 Å². The van der Waals surface area contributed by atoms with Crippen molar-refractivity contribution in [2.45, 2.75) is 76.7 Å². The van der Waals surface area contributed by atoms with Crippen LogP contribution in [0.5, 0.6) is 0 Å². The number of likely N-dealkylation sites (tertiary alicyclic amines) is 1. The highest BCUT2D eigenvalue weighted by Crippen LogP contribution is 2.43. The van der Waals surface area contributed by atoms with E-state index in [9.17, 15) is 19.6 Å². The Hall–Kier alpha value is -3.71. The normalized spacial score (nSPS) is 20.9. The van der Waals surface area contributed by atoms with Gasteiger partial charge in [-0.3, -0.25) is 14.5 Å². The Morgan fingerprint density at radius 1 is 1.20 bits per heavy atom. The first-order valence-electron chi connectivity index (χ1n) is 13.7. The van der Waals surface area contributed by atoms with Gasteiger partial charge in [0.15, 0.2) is 0 Å². The number of nitrogens with one attached hydrogen (secondary N) is 1. The number of piperidine rings is 1. The highest BCUT2D eigenvalue weighted by atomic mass is 19.1. The number of amides is 2. The number of carbonyl (C=O) groups excluding carboxylic acids is 2. The lowest BCUT2D eigenvalue weighted by atomic mass is 9.97. The molecule has 0 radical (unpaired) electrons. The fourth-order valence-corrected chi connectivity index (χ4v) is 5.59. The van der Waals surface area contributed by atoms with Crippen molar-refractivity contribution in [3.05, 3.63) is 58.3 Å². The Balaban J connectivity index is 1.45. The van der Waals surface area contributed by atoms with Gasteiger partial charge in [-0.25, -0.2) is 9.18 Å². The van der Waals surface area contributed by atoms with Crippen LogP contribution in [0, 0.1) is 23.1 Å². The van der Waals surface area contributed by atoms with Crippen LogP contribution < -0.4 is 10.9 Å². The number of likely N-dealkylation sites (N-methyl/N-ethyl adjacent to an activating group) is 1. The number of rotatable bonds is 8. The van der Waals surface area contributed by atoms with E-state index in [0.717, 1.165) is 19.3 Å². The van der Waals surface area contributed by atoms with E-state index < -0.39 is 35.5 Å². The van der Waals surface area contributed by atoms with Gasteiger partial charge in [0.2, 0.25) is 5.91 Å². The SMILES string of the molecule is CN(C)CCn1cc(-c2ccc(CC(C#N)NC(=O)C3C4CCC(C4)N3C(=O)OC(C)(C)C)c(F)c2)ccc1=O. The highest BCUT2D eigenvalue weighted by molar-refractivity contribution is 5.87. The van der Waals surface area contributed by atoms with Crippen LogP contribution in [0.15, 0.2) is 41.3 Å². The van der Waals surface area contributed by atoms with Crippen molar-refractivity contribution in [2.24, 2.45) is 5.92 Å². The van der Waals surface area contributed by atoms with Crippen molar-refractivity contribution < 1.29 is 18.7 Å². The van der Waals surface area contributed by atoms with Crippen LogP contribution in [-0.4, -0.2) is 70.7 Å². The quantitative estimate of drug-likeness (QED) is 0.538. The molecule has 2 fully saturated rings. The van der Waals surface area contributed by atoms with E-state index in [0.29, 0.717) is 24.2 Å². The Bertz CT molecular complexity index is 1360. The summed E-state index contributed by atoms with van der Waals surface area (Å²) in [6.45, 7) is 6.54. The molecule has 1 aromatic carbocycles. The molecule has 2 heterocycles. The fourth-order valence-electron chi connectivity index (χ4n) is 5.59. The lowest BCUT2D eigenvalue weighted by Crippen LogP contribution is -2.55. The molecule has 4 unspecified atom stereocenters. The third-order valence-electron chi connectivity index (χ3n) is 7.51. The zero-order chi connectivity index (χ0) is 29.2. The van der Waals surface area contributed by atoms with Gasteiger partial charge < -0.3 is 19.5 Å². The lowest BCUT2D eigenvalue weighted by molar-refractivity contribution is -0.128. The van der Waals surface area contributed by atoms with Crippen LogP contribution in [0.4, 0.5) is 9.18 Å². The van der Waals surface area contributed by atoms with Gasteiger partial charge in [0.25, 0.3) is 5.56 Å². The molecule has 1 aliphatic heterocycles. The van der Waals surface area contributed by atoms with Gasteiger partial charge in [0.05, 0.1) is 6.07 Å². The number of carbonyl (C=O) groups is 2. The minimum absolute atomic E-state index is 0.00822. The monoisotopic (exact) mass is 551 g/mol. The molecule has 1 saturated heterocycles. The Morgan fingerprint density at radius 2 is 1.93 bits per heavy atom. The summed E-state index contributed by atoms with van der Waals surface area (Å²) in [5, 5.41) is 12.5. The van der Waals surface area contributed by atoms with Gasteiger partial charge in [0.1, 0.15) is 23.5 Å². The van der Waals surface area contributed by atoms with E-state index in [1.54, 1.807) is 49.7 Å². The highest BCUT2D eigenvalue weighted by Gasteiger charge is 2.52. The summed E-state index contributed by atoms with van der Waals surface area (Å²) in [4.78, 5) is 41.9. The number of hydrogen-bond acceptors (Lipinski definition) is 6. The average molecular weight is 552 g/mol. The van der Waals surface area contributed by atoms with Crippen molar-refractivity contribution in [3.63, 3.8) is 0 Å². The zero-order valence-corrected chi connectivity index (χ0v) is 23.8. The molecule has 1 N–H and O–H groups in total. The summed E-state index contributed by atoms with van der Waals surface area (Å²) < 4.78 is 22.3. The Morgan fingerprint density at radius 3 is 2.58 bits per heavy atom. The van der Waals surface area contributed by atoms with Gasteiger partial charge in [0, 0.05) is 37.8 Å². The summed E-state index contributed by atoms with van der Waals surface area (Å²) in [5.41, 5.74) is 0.770. The van der Waals surface area contributed by atoms with Crippen LogP contribution >= 0.6 is 0 Å². The molecule has 9 nitrogen and oxygen atoms in total. The number of fused-ring (bicyclic) bond motifs is 2. The lowest BCUT2D eigenvalue weighted by Gasteiger charge is -2.35. The van der Waals surface area contributed by atoms with Crippen molar-refractivity contribution in [1.82, 2.24) is 19.7 Å². The second-order valence-electron chi connectivity index (χ2n) is 12.0. The first-order valence-corrected chi connectivity index (χ1v) is 13.7. The first kappa shape index (κ1) is 29.3. The fraction of sp³-hybridized carbons (Fsp3) is 0.533. The number of ether oxygens (including phenoxy) is 1. The van der Waals surface area contributed by atoms with Crippen molar-refractivity contribution in [2.75, 3.05) is 20.6 Å². The van der Waals surface area contributed by atoms with E-state index in [1.807, 2.05) is 19.0 Å². The summed E-state index contributed by atoms with van der Waals surface area (Å²) in [6, 6.07) is 8.17. The number of aromatic nitrogens is 1. The third kappa shape index (κ3) is 6.70. The molecule has 0 spiro atoms. The maximum atomic E-state index is 15.2. The molecule has 1 saturated carbocycles. The van der Waals surface area contributed by atoms with Gasteiger partial charge in [-0.1, -0.05) is 12.1 Å². The van der Waals surface area contributed by atoms with Crippen LogP contribution in [-0.2, 0) is 22.5 Å². The van der Waals surface area contributed by atoms with Crippen LogP contribution in [0.3, 0.4) is 0 Å². The molecule has 4 rings (SSSR count). The molecular formula is C30H38FN5O4. The van der Waals surface area contributed by atoms with Crippen LogP contribution in [0.2, 0.25) is 0 Å². The summed E-state index contributed by atoms with van der Waals surface area (Å²) in [6.07, 6.45) is 3.54. The van der Waals surface area contributed by atoms with Crippen molar-refractivity contribution >= 4 is 12.0 Å². The van der Waals surface area contributed by atoms with E-state index in [-0.39, 0.29) is 29.5 Å². The molecule has 10 heteroatoms. The molecule has 1 aromatic heterocycles. The van der Waals surface area contributed by atoms with Gasteiger partial charge in [-0.15, -0.1) is 0 Å². The molecule has 2 aliphatic rings. The maximum Gasteiger partial charge on any atom is 0.411 e. The zero-order valence-electron chi connectivity index (χ0n) is 23.8. The number of hydrogen-bond donors (Lipinski definition) is 1. The van der Waals surface area contributed by atoms with E-state index >= 15 is 4.39 Å².